The van der Waals surface area contributed by atoms with E-state index in [-0.39, 0.29) is 36.0 Å². The Bertz CT molecular complexity index is 320. The predicted octanol–water partition coefficient (Wildman–Crippen LogP) is 0.596. The topological polar surface area (TPSA) is 77.4 Å². The van der Waals surface area contributed by atoms with Crippen LogP contribution in [0.3, 0.4) is 0 Å². The van der Waals surface area contributed by atoms with Crippen LogP contribution in [0, 0.1) is 0 Å². The van der Waals surface area contributed by atoms with Crippen molar-refractivity contribution in [2.24, 2.45) is 0 Å². The molecule has 21 heavy (non-hydrogen) atoms. The molecule has 0 bridgehead atoms. The normalized spacial score (nSPS) is 14.5. The standard InChI is InChI=1S/C15H32O4S.Na/c1-3-5-6-7-8-9-10-12-15(20(17,18)19)13-14(16)11-4-2;/h14-16H,3-13H2,1-2H3,(H,17,18,19);/q;+1/p-1. The van der Waals surface area contributed by atoms with E-state index in [1.54, 1.807) is 0 Å². The van der Waals surface area contributed by atoms with E-state index in [1.807, 2.05) is 6.92 Å². The molecule has 122 valence electrons. The van der Waals surface area contributed by atoms with Crippen LogP contribution in [0.2, 0.25) is 0 Å². The Labute approximate surface area is 153 Å². The Hall–Kier alpha value is 0.870. The maximum Gasteiger partial charge on any atom is 1.00 e. The fraction of sp³-hybridized carbons (Fsp3) is 1.00. The summed E-state index contributed by atoms with van der Waals surface area (Å²) in [6.07, 6.45) is 8.88. The molecule has 0 fully saturated rings. The van der Waals surface area contributed by atoms with Crippen LogP contribution in [0.15, 0.2) is 0 Å². The van der Waals surface area contributed by atoms with Crippen molar-refractivity contribution in [3.8, 4) is 0 Å². The van der Waals surface area contributed by atoms with Gasteiger partial charge in [-0.25, -0.2) is 8.42 Å². The average Bonchev–Trinajstić information content (AvgIpc) is 2.35. The molecule has 0 aromatic carbocycles. The molecule has 2 atom stereocenters. The predicted molar refractivity (Wildman–Crippen MR) is 81.6 cm³/mol. The second-order valence-corrected chi connectivity index (χ2v) is 7.36. The first kappa shape index (κ1) is 24.1. The van der Waals surface area contributed by atoms with Crippen LogP contribution in [0.5, 0.6) is 0 Å². The summed E-state index contributed by atoms with van der Waals surface area (Å²) in [5.74, 6) is 0. The molecule has 0 amide bonds. The Kier molecular flexibility index (Phi) is 16.6. The third kappa shape index (κ3) is 14.2. The summed E-state index contributed by atoms with van der Waals surface area (Å²) in [6, 6.07) is 0. The van der Waals surface area contributed by atoms with Gasteiger partial charge in [0, 0.05) is 0 Å². The van der Waals surface area contributed by atoms with Crippen molar-refractivity contribution in [1.82, 2.24) is 0 Å². The van der Waals surface area contributed by atoms with Crippen LogP contribution in [0.1, 0.15) is 84.5 Å². The molecule has 4 nitrogen and oxygen atoms in total. The molecular weight excluding hydrogens is 299 g/mol. The summed E-state index contributed by atoms with van der Waals surface area (Å²) >= 11 is 0. The zero-order valence-electron chi connectivity index (χ0n) is 14.0. The number of hydrogen-bond acceptors (Lipinski definition) is 4. The van der Waals surface area contributed by atoms with E-state index in [0.29, 0.717) is 12.8 Å². The second-order valence-electron chi connectivity index (χ2n) is 5.70. The van der Waals surface area contributed by atoms with Gasteiger partial charge in [-0.15, -0.1) is 0 Å². The largest absolute Gasteiger partial charge is 1.00 e. The van der Waals surface area contributed by atoms with Gasteiger partial charge in [-0.2, -0.15) is 0 Å². The van der Waals surface area contributed by atoms with Crippen molar-refractivity contribution in [1.29, 1.82) is 0 Å². The summed E-state index contributed by atoms with van der Waals surface area (Å²) in [7, 11) is -4.29. The van der Waals surface area contributed by atoms with Gasteiger partial charge in [0.1, 0.15) is 0 Å². The van der Waals surface area contributed by atoms with Crippen LogP contribution < -0.4 is 29.6 Å². The van der Waals surface area contributed by atoms with Gasteiger partial charge in [-0.1, -0.05) is 65.2 Å². The number of aliphatic hydroxyl groups is 1. The molecular formula is C15H31NaO4S. The third-order valence-electron chi connectivity index (χ3n) is 3.69. The molecule has 0 heterocycles. The smallest absolute Gasteiger partial charge is 0.748 e. The van der Waals surface area contributed by atoms with Crippen LogP contribution in [-0.2, 0) is 10.1 Å². The van der Waals surface area contributed by atoms with Gasteiger partial charge < -0.3 is 9.66 Å². The van der Waals surface area contributed by atoms with Crippen LogP contribution >= 0.6 is 0 Å². The van der Waals surface area contributed by atoms with Crippen LogP contribution in [0.25, 0.3) is 0 Å². The quantitative estimate of drug-likeness (QED) is 0.305. The summed E-state index contributed by atoms with van der Waals surface area (Å²) < 4.78 is 33.6. The van der Waals surface area contributed by atoms with Gasteiger partial charge in [0.2, 0.25) is 0 Å². The minimum Gasteiger partial charge on any atom is -0.748 e. The fourth-order valence-electron chi connectivity index (χ4n) is 2.46. The zero-order valence-corrected chi connectivity index (χ0v) is 16.8. The molecule has 0 saturated heterocycles. The van der Waals surface area contributed by atoms with Gasteiger partial charge in [0.05, 0.1) is 21.5 Å². The second kappa shape index (κ2) is 14.5. The van der Waals surface area contributed by atoms with E-state index in [9.17, 15) is 18.1 Å². The minimum atomic E-state index is -4.29. The van der Waals surface area contributed by atoms with Gasteiger partial charge in [0.25, 0.3) is 0 Å². The van der Waals surface area contributed by atoms with Gasteiger partial charge in [-0.3, -0.25) is 0 Å². The summed E-state index contributed by atoms with van der Waals surface area (Å²) in [6.45, 7) is 4.10. The molecule has 0 rings (SSSR count). The maximum absolute atomic E-state index is 11.2. The molecule has 0 spiro atoms. The summed E-state index contributed by atoms with van der Waals surface area (Å²) in [5, 5.41) is 8.76. The van der Waals surface area contributed by atoms with Gasteiger partial charge in [0.15, 0.2) is 0 Å². The van der Waals surface area contributed by atoms with Crippen molar-refractivity contribution >= 4 is 10.1 Å². The molecule has 0 aromatic heterocycles. The van der Waals surface area contributed by atoms with E-state index >= 15 is 0 Å². The Morgan fingerprint density at radius 2 is 1.43 bits per heavy atom. The van der Waals surface area contributed by atoms with E-state index in [2.05, 4.69) is 6.92 Å². The first-order valence-corrected chi connectivity index (χ1v) is 9.51. The molecule has 0 aromatic rings. The molecule has 2 unspecified atom stereocenters. The number of unbranched alkanes of at least 4 members (excludes halogenated alkanes) is 6. The number of rotatable bonds is 13. The molecule has 0 aliphatic heterocycles. The Morgan fingerprint density at radius 1 is 0.905 bits per heavy atom. The van der Waals surface area contributed by atoms with Crippen molar-refractivity contribution in [2.75, 3.05) is 0 Å². The van der Waals surface area contributed by atoms with E-state index in [4.69, 9.17) is 0 Å². The SMILES string of the molecule is CCCCCCCCCC(CC(O)CCC)S(=O)(=O)[O-].[Na+]. The molecule has 1 N–H and O–H groups in total. The van der Waals surface area contributed by atoms with E-state index in [0.717, 1.165) is 25.7 Å². The van der Waals surface area contributed by atoms with Crippen LogP contribution in [0.4, 0.5) is 0 Å². The molecule has 6 heteroatoms. The van der Waals surface area contributed by atoms with Crippen molar-refractivity contribution in [3.63, 3.8) is 0 Å². The van der Waals surface area contributed by atoms with Crippen LogP contribution in [-0.4, -0.2) is 29.4 Å². The van der Waals surface area contributed by atoms with Gasteiger partial charge in [-0.05, 0) is 19.3 Å². The fourth-order valence-corrected chi connectivity index (χ4v) is 3.38. The number of hydrogen-bond donors (Lipinski definition) is 1. The molecule has 0 aliphatic rings. The average molecular weight is 330 g/mol. The summed E-state index contributed by atoms with van der Waals surface area (Å²) in [5.41, 5.74) is 0. The van der Waals surface area contributed by atoms with Crippen molar-refractivity contribution in [3.05, 3.63) is 0 Å². The maximum atomic E-state index is 11.2. The minimum absolute atomic E-state index is 0. The van der Waals surface area contributed by atoms with E-state index < -0.39 is 21.5 Å². The molecule has 0 radical (unpaired) electrons. The third-order valence-corrected chi connectivity index (χ3v) is 4.94. The zero-order chi connectivity index (χ0) is 15.4. The van der Waals surface area contributed by atoms with E-state index in [1.165, 1.54) is 25.7 Å². The number of aliphatic hydroxyl groups excluding tert-OH is 1. The Balaban J connectivity index is 0. The summed E-state index contributed by atoms with van der Waals surface area (Å²) in [4.78, 5) is 0. The monoisotopic (exact) mass is 330 g/mol. The molecule has 0 aliphatic carbocycles. The Morgan fingerprint density at radius 3 is 1.90 bits per heavy atom. The van der Waals surface area contributed by atoms with Gasteiger partial charge >= 0.3 is 29.6 Å². The first-order chi connectivity index (χ1) is 9.41. The molecule has 0 saturated carbocycles. The first-order valence-electron chi connectivity index (χ1n) is 8.04. The van der Waals surface area contributed by atoms with Crippen molar-refractivity contribution in [2.45, 2.75) is 95.8 Å². The van der Waals surface area contributed by atoms with Crippen molar-refractivity contribution < 1.29 is 47.6 Å².